The van der Waals surface area contributed by atoms with Crippen LogP contribution < -0.4 is 5.32 Å². The highest BCUT2D eigenvalue weighted by Crippen LogP contribution is 2.29. The number of nitrogens with one attached hydrogen (secondary N) is 1. The summed E-state index contributed by atoms with van der Waals surface area (Å²) in [6.45, 7) is 2.37. The summed E-state index contributed by atoms with van der Waals surface area (Å²) in [5, 5.41) is 11.9. The van der Waals surface area contributed by atoms with Gasteiger partial charge < -0.3 is 0 Å². The van der Waals surface area contributed by atoms with Gasteiger partial charge in [-0.2, -0.15) is 13.2 Å². The molecule has 0 spiro atoms. The van der Waals surface area contributed by atoms with Crippen LogP contribution in [0.15, 0.2) is 53.7 Å². The number of carbonyl (C=O) groups is 1. The van der Waals surface area contributed by atoms with Crippen LogP contribution in [0.5, 0.6) is 0 Å². The van der Waals surface area contributed by atoms with E-state index in [-0.39, 0.29) is 11.5 Å². The van der Waals surface area contributed by atoms with Gasteiger partial charge in [0.25, 0.3) is 5.91 Å². The van der Waals surface area contributed by atoms with Crippen LogP contribution in [0, 0.1) is 0 Å². The molecule has 0 radical (unpaired) electrons. The Kier molecular flexibility index (Phi) is 6.49. The van der Waals surface area contributed by atoms with Crippen LogP contribution >= 0.6 is 23.4 Å². The van der Waals surface area contributed by atoms with Crippen LogP contribution in [0.1, 0.15) is 28.4 Å². The minimum Gasteiger partial charge on any atom is -0.290 e. The molecule has 0 saturated heterocycles. The molecule has 0 aliphatic heterocycles. The summed E-state index contributed by atoms with van der Waals surface area (Å²) >= 11 is 7.58. The van der Waals surface area contributed by atoms with Gasteiger partial charge >= 0.3 is 6.18 Å². The van der Waals surface area contributed by atoms with E-state index in [0.717, 1.165) is 29.8 Å². The highest BCUT2D eigenvalue weighted by Gasteiger charge is 2.30. The summed E-state index contributed by atoms with van der Waals surface area (Å²) in [6.07, 6.45) is -4.45. The van der Waals surface area contributed by atoms with Crippen molar-refractivity contribution < 1.29 is 18.0 Å². The lowest BCUT2D eigenvalue weighted by molar-refractivity contribution is -0.137. The smallest absolute Gasteiger partial charge is 0.290 e. The SMILES string of the molecule is CCn1c(NC(=O)c2ccc(C(F)(F)F)cc2)nnc1SCc1ccccc1Cl. The zero-order valence-electron chi connectivity index (χ0n) is 15.2. The number of anilines is 1. The molecule has 1 amide bonds. The van der Waals surface area contributed by atoms with E-state index in [1.165, 1.54) is 11.8 Å². The molecule has 1 aromatic heterocycles. The number of amides is 1. The van der Waals surface area contributed by atoms with Gasteiger partial charge in [0.1, 0.15) is 0 Å². The number of hydrogen-bond acceptors (Lipinski definition) is 4. The molecule has 0 bridgehead atoms. The number of thioether (sulfide) groups is 1. The maximum Gasteiger partial charge on any atom is 0.416 e. The van der Waals surface area contributed by atoms with Crippen molar-refractivity contribution in [2.24, 2.45) is 0 Å². The predicted octanol–water partition coefficient (Wildman–Crippen LogP) is 5.51. The van der Waals surface area contributed by atoms with E-state index in [4.69, 9.17) is 11.6 Å². The van der Waals surface area contributed by atoms with Crippen molar-refractivity contribution in [2.45, 2.75) is 30.6 Å². The Hall–Kier alpha value is -2.52. The quantitative estimate of drug-likeness (QED) is 0.513. The van der Waals surface area contributed by atoms with Gasteiger partial charge in [0.2, 0.25) is 5.95 Å². The second kappa shape index (κ2) is 8.87. The van der Waals surface area contributed by atoms with Gasteiger partial charge in [0.05, 0.1) is 5.56 Å². The standard InChI is InChI=1S/C19H16ClF3N4OS/c1-2-27-17(24-16(28)12-7-9-14(10-8-12)19(21,22)23)25-26-18(27)29-11-13-5-3-4-6-15(13)20/h3-10H,2,11H2,1H3,(H,24,25,28). The molecule has 1 N–H and O–H groups in total. The number of benzene rings is 2. The summed E-state index contributed by atoms with van der Waals surface area (Å²) < 4.78 is 39.7. The minimum atomic E-state index is -4.45. The zero-order chi connectivity index (χ0) is 21.0. The van der Waals surface area contributed by atoms with Crippen LogP contribution in [0.4, 0.5) is 19.1 Å². The van der Waals surface area contributed by atoms with E-state index in [9.17, 15) is 18.0 Å². The van der Waals surface area contributed by atoms with Gasteiger partial charge in [0.15, 0.2) is 5.16 Å². The van der Waals surface area contributed by atoms with Crippen molar-refractivity contribution in [2.75, 3.05) is 5.32 Å². The van der Waals surface area contributed by atoms with Crippen molar-refractivity contribution in [3.63, 3.8) is 0 Å². The zero-order valence-corrected chi connectivity index (χ0v) is 16.8. The van der Waals surface area contributed by atoms with E-state index < -0.39 is 17.6 Å². The van der Waals surface area contributed by atoms with E-state index in [1.54, 1.807) is 10.6 Å². The molecule has 0 saturated carbocycles. The van der Waals surface area contributed by atoms with Crippen LogP contribution in [0.25, 0.3) is 0 Å². The Labute approximate surface area is 174 Å². The van der Waals surface area contributed by atoms with E-state index in [1.807, 2.05) is 25.1 Å². The Bertz CT molecular complexity index is 1010. The summed E-state index contributed by atoms with van der Waals surface area (Å²) in [5.41, 5.74) is 0.220. The normalized spacial score (nSPS) is 11.5. The van der Waals surface area contributed by atoms with Crippen LogP contribution in [0.3, 0.4) is 0 Å². The molecule has 3 aromatic rings. The Morgan fingerprint density at radius 2 is 1.83 bits per heavy atom. The molecule has 3 rings (SSSR count). The summed E-state index contributed by atoms with van der Waals surface area (Å²) in [5.74, 6) is 0.229. The first-order valence-corrected chi connectivity index (χ1v) is 9.94. The number of carbonyl (C=O) groups excluding carboxylic acids is 1. The average Bonchev–Trinajstić information content (AvgIpc) is 3.08. The van der Waals surface area contributed by atoms with Crippen molar-refractivity contribution in [3.05, 3.63) is 70.2 Å². The second-order valence-corrected chi connectivity index (χ2v) is 7.31. The predicted molar refractivity (Wildman–Crippen MR) is 106 cm³/mol. The maximum atomic E-state index is 12.7. The van der Waals surface area contributed by atoms with Crippen molar-refractivity contribution >= 4 is 35.2 Å². The van der Waals surface area contributed by atoms with E-state index in [2.05, 4.69) is 15.5 Å². The van der Waals surface area contributed by atoms with Gasteiger partial charge in [-0.3, -0.25) is 14.7 Å². The second-order valence-electron chi connectivity index (χ2n) is 5.96. The van der Waals surface area contributed by atoms with Crippen molar-refractivity contribution in [3.8, 4) is 0 Å². The molecule has 5 nitrogen and oxygen atoms in total. The molecule has 10 heteroatoms. The largest absolute Gasteiger partial charge is 0.416 e. The molecule has 2 aromatic carbocycles. The number of halogens is 4. The first-order valence-electron chi connectivity index (χ1n) is 8.57. The fraction of sp³-hybridized carbons (Fsp3) is 0.211. The average molecular weight is 441 g/mol. The first kappa shape index (κ1) is 21.2. The molecular formula is C19H16ClF3N4OS. The highest BCUT2D eigenvalue weighted by atomic mass is 35.5. The van der Waals surface area contributed by atoms with Crippen LogP contribution in [-0.2, 0) is 18.5 Å². The molecular weight excluding hydrogens is 425 g/mol. The van der Waals surface area contributed by atoms with E-state index >= 15 is 0 Å². The van der Waals surface area contributed by atoms with Crippen LogP contribution in [0.2, 0.25) is 5.02 Å². The van der Waals surface area contributed by atoms with Gasteiger partial charge in [-0.05, 0) is 42.8 Å². The number of rotatable bonds is 6. The summed E-state index contributed by atoms with van der Waals surface area (Å²) in [6, 6.07) is 11.4. The molecule has 29 heavy (non-hydrogen) atoms. The van der Waals surface area contributed by atoms with Crippen molar-refractivity contribution in [1.82, 2.24) is 14.8 Å². The van der Waals surface area contributed by atoms with E-state index in [0.29, 0.717) is 22.5 Å². The van der Waals surface area contributed by atoms with Gasteiger partial charge in [0, 0.05) is 22.9 Å². The maximum absolute atomic E-state index is 12.7. The molecule has 0 unspecified atom stereocenters. The number of alkyl halides is 3. The lowest BCUT2D eigenvalue weighted by Crippen LogP contribution is -2.16. The summed E-state index contributed by atoms with van der Waals surface area (Å²) in [4.78, 5) is 12.4. The molecule has 0 atom stereocenters. The topological polar surface area (TPSA) is 59.8 Å². The Balaban J connectivity index is 1.71. The monoisotopic (exact) mass is 440 g/mol. The number of nitrogens with zero attached hydrogens (tertiary/aromatic N) is 3. The first-order chi connectivity index (χ1) is 13.8. The lowest BCUT2D eigenvalue weighted by Gasteiger charge is -2.10. The molecule has 152 valence electrons. The fourth-order valence-corrected chi connectivity index (χ4v) is 3.80. The highest BCUT2D eigenvalue weighted by molar-refractivity contribution is 7.98. The van der Waals surface area contributed by atoms with Gasteiger partial charge in [-0.1, -0.05) is 41.6 Å². The van der Waals surface area contributed by atoms with Crippen LogP contribution in [-0.4, -0.2) is 20.7 Å². The molecule has 0 fully saturated rings. The molecule has 0 aliphatic rings. The molecule has 1 heterocycles. The fourth-order valence-electron chi connectivity index (χ4n) is 2.52. The Morgan fingerprint density at radius 1 is 1.14 bits per heavy atom. The van der Waals surface area contributed by atoms with Crippen molar-refractivity contribution in [1.29, 1.82) is 0 Å². The number of hydrogen-bond donors (Lipinski definition) is 1. The third kappa shape index (κ3) is 5.10. The summed E-state index contributed by atoms with van der Waals surface area (Å²) in [7, 11) is 0. The minimum absolute atomic E-state index is 0.0916. The number of aromatic nitrogens is 3. The third-order valence-electron chi connectivity index (χ3n) is 4.05. The Morgan fingerprint density at radius 3 is 2.45 bits per heavy atom. The van der Waals surface area contributed by atoms with Gasteiger partial charge in [-0.15, -0.1) is 10.2 Å². The molecule has 0 aliphatic carbocycles. The third-order valence-corrected chi connectivity index (χ3v) is 5.43. The lowest BCUT2D eigenvalue weighted by atomic mass is 10.1. The van der Waals surface area contributed by atoms with Gasteiger partial charge in [-0.25, -0.2) is 0 Å².